The number of esters is 1. The third-order valence-electron chi connectivity index (χ3n) is 4.35. The van der Waals surface area contributed by atoms with Crippen molar-refractivity contribution in [3.05, 3.63) is 17.7 Å². The lowest BCUT2D eigenvalue weighted by molar-refractivity contribution is -0.141. The zero-order valence-electron chi connectivity index (χ0n) is 15.7. The summed E-state index contributed by atoms with van der Waals surface area (Å²) in [5.41, 5.74) is 1.08. The Kier molecular flexibility index (Phi) is 6.24. The van der Waals surface area contributed by atoms with Crippen LogP contribution in [0, 0.1) is 0 Å². The Labute approximate surface area is 156 Å². The Morgan fingerprint density at radius 3 is 2.44 bits per heavy atom. The van der Waals surface area contributed by atoms with Crippen molar-refractivity contribution >= 4 is 29.2 Å². The standard InChI is InChI=1S/C17H24N4O6/c1-18-11-9-13-12(8-10(11)15(24)26-4)21(7-5-6-14(22)23)16(25)17(19-2,20-3)27-13/h8-9,18-20H,5-7H2,1-4H3,(H,22,23). The molecule has 10 nitrogen and oxygen atoms in total. The molecule has 10 heteroatoms. The van der Waals surface area contributed by atoms with E-state index in [4.69, 9.17) is 14.6 Å². The van der Waals surface area contributed by atoms with Crippen LogP contribution in [0.3, 0.4) is 0 Å². The van der Waals surface area contributed by atoms with Crippen molar-refractivity contribution in [3.8, 4) is 5.75 Å². The molecule has 148 valence electrons. The van der Waals surface area contributed by atoms with E-state index in [1.54, 1.807) is 27.2 Å². The number of rotatable bonds is 8. The Morgan fingerprint density at radius 2 is 1.93 bits per heavy atom. The molecular weight excluding hydrogens is 356 g/mol. The van der Waals surface area contributed by atoms with Gasteiger partial charge in [0.05, 0.1) is 24.0 Å². The largest absolute Gasteiger partial charge is 0.481 e. The number of ether oxygens (including phenoxy) is 2. The lowest BCUT2D eigenvalue weighted by Crippen LogP contribution is -2.70. The van der Waals surface area contributed by atoms with Crippen LogP contribution in [0.1, 0.15) is 23.2 Å². The van der Waals surface area contributed by atoms with Crippen LogP contribution in [0.2, 0.25) is 0 Å². The number of fused-ring (bicyclic) bond motifs is 1. The summed E-state index contributed by atoms with van der Waals surface area (Å²) < 4.78 is 10.7. The molecule has 0 saturated carbocycles. The molecule has 1 aromatic rings. The smallest absolute Gasteiger partial charge is 0.340 e. The highest BCUT2D eigenvalue weighted by Crippen LogP contribution is 2.40. The second-order valence-electron chi connectivity index (χ2n) is 5.84. The van der Waals surface area contributed by atoms with Gasteiger partial charge >= 0.3 is 17.8 Å². The molecule has 1 aromatic carbocycles. The van der Waals surface area contributed by atoms with Crippen molar-refractivity contribution in [2.24, 2.45) is 0 Å². The molecule has 1 heterocycles. The fraction of sp³-hybridized carbons (Fsp3) is 0.471. The molecule has 0 fully saturated rings. The molecule has 0 bridgehead atoms. The number of carboxylic acids is 1. The molecule has 0 unspecified atom stereocenters. The van der Waals surface area contributed by atoms with Gasteiger partial charge in [-0.05, 0) is 26.6 Å². The molecule has 0 radical (unpaired) electrons. The summed E-state index contributed by atoms with van der Waals surface area (Å²) >= 11 is 0. The number of hydrogen-bond donors (Lipinski definition) is 4. The van der Waals surface area contributed by atoms with Gasteiger partial charge in [0.1, 0.15) is 5.75 Å². The summed E-state index contributed by atoms with van der Waals surface area (Å²) in [6.45, 7) is 0.145. The summed E-state index contributed by atoms with van der Waals surface area (Å²) in [6.07, 6.45) is 0.149. The number of likely N-dealkylation sites (N-methyl/N-ethyl adjacent to an activating group) is 2. The van der Waals surface area contributed by atoms with Crippen LogP contribution in [-0.4, -0.2) is 63.6 Å². The molecule has 2 rings (SSSR count). The minimum absolute atomic E-state index is 0.0927. The van der Waals surface area contributed by atoms with Crippen molar-refractivity contribution in [1.29, 1.82) is 0 Å². The van der Waals surface area contributed by atoms with Crippen molar-refractivity contribution in [1.82, 2.24) is 10.6 Å². The van der Waals surface area contributed by atoms with Gasteiger partial charge in [0.2, 0.25) is 0 Å². The normalized spacial score (nSPS) is 15.0. The van der Waals surface area contributed by atoms with E-state index in [1.807, 2.05) is 0 Å². The Bertz CT molecular complexity index is 747. The van der Waals surface area contributed by atoms with Crippen molar-refractivity contribution < 1.29 is 29.0 Å². The fourth-order valence-corrected chi connectivity index (χ4v) is 2.91. The van der Waals surface area contributed by atoms with Crippen LogP contribution in [0.5, 0.6) is 5.75 Å². The molecule has 1 amide bonds. The SMILES string of the molecule is CNc1cc2c(cc1C(=O)OC)N(CCCC(=O)O)C(=O)C(NC)(NC)O2. The number of nitrogens with zero attached hydrogens (tertiary/aromatic N) is 1. The first kappa shape index (κ1) is 20.5. The Balaban J connectivity index is 2.56. The number of carbonyl (C=O) groups excluding carboxylic acids is 2. The molecule has 4 N–H and O–H groups in total. The molecule has 0 atom stereocenters. The summed E-state index contributed by atoms with van der Waals surface area (Å²) in [7, 11) is 6.05. The predicted octanol–water partition coefficient (Wildman–Crippen LogP) is 0.198. The number of amides is 1. The predicted molar refractivity (Wildman–Crippen MR) is 98.0 cm³/mol. The van der Waals surface area contributed by atoms with Gasteiger partial charge in [-0.3, -0.25) is 20.2 Å². The number of carbonyl (C=O) groups is 3. The fourth-order valence-electron chi connectivity index (χ4n) is 2.91. The van der Waals surface area contributed by atoms with E-state index in [0.717, 1.165) is 0 Å². The topological polar surface area (TPSA) is 129 Å². The highest BCUT2D eigenvalue weighted by atomic mass is 16.5. The van der Waals surface area contributed by atoms with Gasteiger partial charge in [-0.25, -0.2) is 4.79 Å². The highest BCUT2D eigenvalue weighted by molar-refractivity contribution is 6.05. The first-order valence-electron chi connectivity index (χ1n) is 8.38. The second-order valence-corrected chi connectivity index (χ2v) is 5.84. The molecule has 0 saturated heterocycles. The van der Waals surface area contributed by atoms with E-state index >= 15 is 0 Å². The van der Waals surface area contributed by atoms with Crippen LogP contribution < -0.4 is 25.6 Å². The van der Waals surface area contributed by atoms with Gasteiger partial charge < -0.3 is 24.8 Å². The minimum atomic E-state index is -1.51. The quantitative estimate of drug-likeness (QED) is 0.369. The summed E-state index contributed by atoms with van der Waals surface area (Å²) in [6, 6.07) is 3.10. The number of anilines is 2. The number of hydrogen-bond acceptors (Lipinski definition) is 8. The van der Waals surface area contributed by atoms with Crippen LogP contribution in [0.25, 0.3) is 0 Å². The number of benzene rings is 1. The van der Waals surface area contributed by atoms with E-state index in [2.05, 4.69) is 16.0 Å². The van der Waals surface area contributed by atoms with Crippen molar-refractivity contribution in [2.45, 2.75) is 18.7 Å². The van der Waals surface area contributed by atoms with E-state index in [-0.39, 0.29) is 24.9 Å². The maximum atomic E-state index is 13.0. The second kappa shape index (κ2) is 8.23. The zero-order valence-corrected chi connectivity index (χ0v) is 15.7. The maximum absolute atomic E-state index is 13.0. The molecule has 0 spiro atoms. The highest BCUT2D eigenvalue weighted by Gasteiger charge is 2.47. The van der Waals surface area contributed by atoms with Crippen LogP contribution in [0.15, 0.2) is 12.1 Å². The van der Waals surface area contributed by atoms with Gasteiger partial charge in [0, 0.05) is 26.1 Å². The minimum Gasteiger partial charge on any atom is -0.481 e. The van der Waals surface area contributed by atoms with Crippen LogP contribution >= 0.6 is 0 Å². The Hall–Kier alpha value is -2.85. The van der Waals surface area contributed by atoms with Crippen LogP contribution in [-0.2, 0) is 14.3 Å². The number of aliphatic carboxylic acids is 1. The molecule has 27 heavy (non-hydrogen) atoms. The maximum Gasteiger partial charge on any atom is 0.340 e. The molecule has 1 aliphatic heterocycles. The summed E-state index contributed by atoms with van der Waals surface area (Å²) in [5.74, 6) is -3.12. The van der Waals surface area contributed by atoms with E-state index in [9.17, 15) is 14.4 Å². The molecule has 0 aromatic heterocycles. The first-order valence-corrected chi connectivity index (χ1v) is 8.38. The van der Waals surface area contributed by atoms with Crippen molar-refractivity contribution in [2.75, 3.05) is 45.0 Å². The van der Waals surface area contributed by atoms with E-state index in [1.165, 1.54) is 18.1 Å². The van der Waals surface area contributed by atoms with Crippen molar-refractivity contribution in [3.63, 3.8) is 0 Å². The van der Waals surface area contributed by atoms with E-state index < -0.39 is 23.7 Å². The lowest BCUT2D eigenvalue weighted by atomic mass is 10.1. The average molecular weight is 380 g/mol. The first-order chi connectivity index (χ1) is 12.8. The zero-order chi connectivity index (χ0) is 20.2. The molecule has 0 aliphatic carbocycles. The third-order valence-corrected chi connectivity index (χ3v) is 4.35. The number of methoxy groups -OCH3 is 1. The van der Waals surface area contributed by atoms with Gasteiger partial charge in [0.15, 0.2) is 0 Å². The number of nitrogens with one attached hydrogen (secondary N) is 3. The van der Waals surface area contributed by atoms with Gasteiger partial charge in [-0.15, -0.1) is 0 Å². The number of carboxylic acid groups (broad SMARTS) is 1. The lowest BCUT2D eigenvalue weighted by Gasteiger charge is -2.42. The van der Waals surface area contributed by atoms with Gasteiger partial charge in [0.25, 0.3) is 5.85 Å². The summed E-state index contributed by atoms with van der Waals surface area (Å²) in [5, 5.41) is 17.4. The summed E-state index contributed by atoms with van der Waals surface area (Å²) in [4.78, 5) is 37.4. The van der Waals surface area contributed by atoms with E-state index in [0.29, 0.717) is 17.1 Å². The third kappa shape index (κ3) is 3.81. The van der Waals surface area contributed by atoms with Crippen LogP contribution in [0.4, 0.5) is 11.4 Å². The monoisotopic (exact) mass is 380 g/mol. The van der Waals surface area contributed by atoms with Gasteiger partial charge in [-0.2, -0.15) is 0 Å². The average Bonchev–Trinajstić information content (AvgIpc) is 2.67. The molecule has 1 aliphatic rings. The molecular formula is C17H24N4O6. The Morgan fingerprint density at radius 1 is 1.26 bits per heavy atom. The van der Waals surface area contributed by atoms with Gasteiger partial charge in [-0.1, -0.05) is 0 Å².